The molecule has 0 amide bonds. The summed E-state index contributed by atoms with van der Waals surface area (Å²) in [5, 5.41) is 13.8. The van der Waals surface area contributed by atoms with Gasteiger partial charge in [0.15, 0.2) is 0 Å². The number of nitrogens with one attached hydrogen (secondary N) is 3. The maximum Gasteiger partial charge on any atom is 0.229 e. The van der Waals surface area contributed by atoms with Crippen LogP contribution in [0.5, 0.6) is 5.75 Å². The van der Waals surface area contributed by atoms with Gasteiger partial charge < -0.3 is 20.1 Å². The van der Waals surface area contributed by atoms with Crippen molar-refractivity contribution in [2.75, 3.05) is 30.7 Å². The van der Waals surface area contributed by atoms with Crippen LogP contribution < -0.4 is 14.8 Å². The molecule has 4 aromatic rings. The number of sulfonamides is 1. The average molecular weight is 528 g/mol. The highest BCUT2D eigenvalue weighted by Gasteiger charge is 2.12. The van der Waals surface area contributed by atoms with Crippen molar-refractivity contribution < 1.29 is 18.3 Å². The third-order valence-electron chi connectivity index (χ3n) is 5.24. The van der Waals surface area contributed by atoms with Crippen molar-refractivity contribution in [3.05, 3.63) is 83.8 Å². The van der Waals surface area contributed by atoms with E-state index in [4.69, 9.17) is 16.3 Å². The van der Waals surface area contributed by atoms with Crippen molar-refractivity contribution in [2.24, 2.45) is 0 Å². The fourth-order valence-corrected chi connectivity index (χ4v) is 4.26. The van der Waals surface area contributed by atoms with Gasteiger partial charge in [-0.1, -0.05) is 17.7 Å². The molecule has 0 aliphatic heterocycles. The number of aliphatic hydroxyl groups is 1. The molecule has 2 heterocycles. The highest BCUT2D eigenvalue weighted by Crippen LogP contribution is 2.27. The summed E-state index contributed by atoms with van der Waals surface area (Å²) in [5.41, 5.74) is 3.54. The number of benzene rings is 2. The van der Waals surface area contributed by atoms with Crippen LogP contribution in [0.3, 0.4) is 0 Å². The summed E-state index contributed by atoms with van der Waals surface area (Å²) in [5.74, 6) is 1.50. The van der Waals surface area contributed by atoms with Crippen LogP contribution in [-0.4, -0.2) is 54.4 Å². The smallest absolute Gasteiger partial charge is 0.229 e. The zero-order valence-electron chi connectivity index (χ0n) is 19.5. The number of H-pyrrole nitrogens is 1. The van der Waals surface area contributed by atoms with E-state index in [2.05, 4.69) is 25.0 Å². The molecule has 4 N–H and O–H groups in total. The van der Waals surface area contributed by atoms with Crippen LogP contribution in [0.2, 0.25) is 5.02 Å². The van der Waals surface area contributed by atoms with Crippen molar-refractivity contribution in [1.82, 2.24) is 20.3 Å². The van der Waals surface area contributed by atoms with Gasteiger partial charge in [0.2, 0.25) is 10.0 Å². The second-order valence-electron chi connectivity index (χ2n) is 8.08. The molecular weight excluding hydrogens is 502 g/mol. The van der Waals surface area contributed by atoms with E-state index in [0.29, 0.717) is 18.7 Å². The van der Waals surface area contributed by atoms with Crippen molar-refractivity contribution in [1.29, 1.82) is 0 Å². The lowest BCUT2D eigenvalue weighted by Gasteiger charge is -2.15. The highest BCUT2D eigenvalue weighted by atomic mass is 35.5. The third kappa shape index (κ3) is 7.05. The lowest BCUT2D eigenvalue weighted by Crippen LogP contribution is -2.26. The maximum atomic E-state index is 11.5. The normalized spacial score (nSPS) is 12.3. The fourth-order valence-electron chi connectivity index (χ4n) is 3.47. The minimum Gasteiger partial charge on any atom is -0.492 e. The standard InChI is InChI=1S/C25H26ClN5O4S/c1-36(33,34)31-22-14-19(4-7-21(22)26)24(32)16-28-12-13-35-20-5-2-17(3-6-20)23-15-29-25(30-23)18-8-10-27-11-9-18/h2-11,14-15,24,28,31-32H,12-13,16H2,1H3,(H,29,30)/t24-/m0/s1. The number of rotatable bonds is 11. The number of nitrogens with zero attached hydrogens (tertiary/aromatic N) is 2. The highest BCUT2D eigenvalue weighted by molar-refractivity contribution is 7.92. The van der Waals surface area contributed by atoms with E-state index < -0.39 is 16.1 Å². The minimum atomic E-state index is -3.48. The molecule has 0 saturated carbocycles. The molecule has 11 heteroatoms. The largest absolute Gasteiger partial charge is 0.492 e. The quantitative estimate of drug-likeness (QED) is 0.218. The number of hydrogen-bond donors (Lipinski definition) is 4. The number of aromatic amines is 1. The molecule has 0 bridgehead atoms. The van der Waals surface area contributed by atoms with Crippen molar-refractivity contribution >= 4 is 27.3 Å². The zero-order valence-corrected chi connectivity index (χ0v) is 21.1. The number of ether oxygens (including phenoxy) is 1. The molecule has 0 fully saturated rings. The number of halogens is 1. The topological polar surface area (TPSA) is 129 Å². The molecule has 0 unspecified atom stereocenters. The lowest BCUT2D eigenvalue weighted by molar-refractivity contribution is 0.172. The van der Waals surface area contributed by atoms with Crippen molar-refractivity contribution in [2.45, 2.75) is 6.10 Å². The number of hydrogen-bond acceptors (Lipinski definition) is 7. The van der Waals surface area contributed by atoms with Crippen molar-refractivity contribution in [3.8, 4) is 28.4 Å². The lowest BCUT2D eigenvalue weighted by atomic mass is 10.1. The summed E-state index contributed by atoms with van der Waals surface area (Å²) in [7, 11) is -3.48. The molecule has 0 saturated heterocycles. The second kappa shape index (κ2) is 11.5. The van der Waals surface area contributed by atoms with E-state index in [1.165, 1.54) is 6.07 Å². The fraction of sp³-hybridized carbons (Fsp3) is 0.200. The molecule has 188 valence electrons. The predicted octanol–water partition coefficient (Wildman–Crippen LogP) is 3.87. The summed E-state index contributed by atoms with van der Waals surface area (Å²) in [6.45, 7) is 1.18. The zero-order chi connectivity index (χ0) is 25.5. The van der Waals surface area contributed by atoms with Crippen molar-refractivity contribution in [3.63, 3.8) is 0 Å². The molecular formula is C25H26ClN5O4S. The Bertz CT molecular complexity index is 1400. The first-order valence-electron chi connectivity index (χ1n) is 11.1. The molecule has 2 aromatic carbocycles. The van der Waals surface area contributed by atoms with Crippen LogP contribution in [0.1, 0.15) is 11.7 Å². The van der Waals surface area contributed by atoms with Crippen LogP contribution in [0.25, 0.3) is 22.6 Å². The van der Waals surface area contributed by atoms with E-state index >= 15 is 0 Å². The summed E-state index contributed by atoms with van der Waals surface area (Å²) >= 11 is 6.03. The summed E-state index contributed by atoms with van der Waals surface area (Å²) in [6, 6.07) is 16.2. The molecule has 36 heavy (non-hydrogen) atoms. The number of pyridine rings is 1. The first-order valence-corrected chi connectivity index (χ1v) is 13.4. The molecule has 0 aliphatic carbocycles. The Hall–Kier alpha value is -3.44. The monoisotopic (exact) mass is 527 g/mol. The molecule has 0 radical (unpaired) electrons. The van der Waals surface area contributed by atoms with E-state index in [9.17, 15) is 13.5 Å². The first kappa shape index (κ1) is 25.6. The minimum absolute atomic E-state index is 0.228. The first-order chi connectivity index (χ1) is 17.3. The van der Waals surface area contributed by atoms with E-state index in [1.807, 2.05) is 42.6 Å². The van der Waals surface area contributed by atoms with Gasteiger partial charge in [0.1, 0.15) is 18.2 Å². The van der Waals surface area contributed by atoms with Crippen LogP contribution in [0.4, 0.5) is 5.69 Å². The molecule has 0 spiro atoms. The number of aliphatic hydroxyl groups excluding tert-OH is 1. The van der Waals surface area contributed by atoms with Gasteiger partial charge >= 0.3 is 0 Å². The van der Waals surface area contributed by atoms with Gasteiger partial charge in [0.25, 0.3) is 0 Å². The Morgan fingerprint density at radius 1 is 1.08 bits per heavy atom. The SMILES string of the molecule is CS(=O)(=O)Nc1cc([C@@H](O)CNCCOc2ccc(-c3c[nH]c(-c4ccncc4)n3)cc2)ccc1Cl. The number of imidazole rings is 1. The van der Waals surface area contributed by atoms with Crippen LogP contribution in [0.15, 0.2) is 73.2 Å². The maximum absolute atomic E-state index is 11.5. The Morgan fingerprint density at radius 2 is 1.83 bits per heavy atom. The van der Waals surface area contributed by atoms with E-state index in [0.717, 1.165) is 34.7 Å². The molecule has 4 rings (SSSR count). The van der Waals surface area contributed by atoms with Gasteiger partial charge in [-0.05, 0) is 54.1 Å². The van der Waals surface area contributed by atoms with Gasteiger partial charge in [-0.25, -0.2) is 13.4 Å². The third-order valence-corrected chi connectivity index (χ3v) is 6.16. The Balaban J connectivity index is 1.23. The molecule has 2 aromatic heterocycles. The van der Waals surface area contributed by atoms with Gasteiger partial charge in [0.05, 0.1) is 28.8 Å². The summed E-state index contributed by atoms with van der Waals surface area (Å²) in [6.07, 6.45) is 5.52. The molecule has 1 atom stereocenters. The number of aromatic nitrogens is 3. The average Bonchev–Trinajstić information content (AvgIpc) is 3.36. The Labute approximate surface area is 214 Å². The van der Waals surface area contributed by atoms with Gasteiger partial charge in [-0.15, -0.1) is 0 Å². The van der Waals surface area contributed by atoms with Crippen LogP contribution in [0, 0.1) is 0 Å². The summed E-state index contributed by atoms with van der Waals surface area (Å²) < 4.78 is 31.1. The molecule has 9 nitrogen and oxygen atoms in total. The van der Waals surface area contributed by atoms with Gasteiger partial charge in [0, 0.05) is 42.8 Å². The van der Waals surface area contributed by atoms with E-state index in [-0.39, 0.29) is 17.3 Å². The predicted molar refractivity (Wildman–Crippen MR) is 140 cm³/mol. The van der Waals surface area contributed by atoms with Gasteiger partial charge in [-0.2, -0.15) is 0 Å². The van der Waals surface area contributed by atoms with Crippen LogP contribution >= 0.6 is 11.6 Å². The Morgan fingerprint density at radius 3 is 2.56 bits per heavy atom. The van der Waals surface area contributed by atoms with Crippen LogP contribution in [-0.2, 0) is 10.0 Å². The number of anilines is 1. The van der Waals surface area contributed by atoms with E-state index in [1.54, 1.807) is 24.5 Å². The Kier molecular flexibility index (Phi) is 8.21. The molecule has 0 aliphatic rings. The van der Waals surface area contributed by atoms with Gasteiger partial charge in [-0.3, -0.25) is 9.71 Å². The second-order valence-corrected chi connectivity index (χ2v) is 10.2. The summed E-state index contributed by atoms with van der Waals surface area (Å²) in [4.78, 5) is 11.8.